The summed E-state index contributed by atoms with van der Waals surface area (Å²) in [6.07, 6.45) is 5.23. The molecule has 0 saturated carbocycles. The van der Waals surface area contributed by atoms with E-state index in [1.165, 1.54) is 5.56 Å². The number of rotatable bonds is 1. The maximum absolute atomic E-state index is 4.12. The molecule has 0 atom stereocenters. The Morgan fingerprint density at radius 2 is 1.22 bits per heavy atom. The quantitative estimate of drug-likeness (QED) is 0.637. The highest BCUT2D eigenvalue weighted by Gasteiger charge is 1.88. The van der Waals surface area contributed by atoms with Crippen LogP contribution >= 0.6 is 0 Å². The summed E-state index contributed by atoms with van der Waals surface area (Å²) in [4.78, 5) is 8.24. The topological polar surface area (TPSA) is 25.8 Å². The molecule has 2 heteroatoms. The molecule has 2 aromatic carbocycles. The average molecular weight is 234 g/mol. The van der Waals surface area contributed by atoms with Gasteiger partial charge in [-0.25, -0.2) is 0 Å². The first-order valence-corrected chi connectivity index (χ1v) is 5.73. The monoisotopic (exact) mass is 234 g/mol. The summed E-state index contributed by atoms with van der Waals surface area (Å²) < 4.78 is 0. The van der Waals surface area contributed by atoms with Crippen LogP contribution in [0.5, 0.6) is 0 Å². The summed E-state index contributed by atoms with van der Waals surface area (Å²) in [5, 5.41) is 0. The molecule has 3 aromatic rings. The van der Waals surface area contributed by atoms with Crippen molar-refractivity contribution in [2.45, 2.75) is 0 Å². The second kappa shape index (κ2) is 6.30. The molecule has 0 saturated heterocycles. The molecular formula is C16H14N2. The van der Waals surface area contributed by atoms with E-state index in [0.717, 1.165) is 11.0 Å². The molecular weight excluding hydrogens is 220 g/mol. The predicted molar refractivity (Wildman–Crippen MR) is 76.1 cm³/mol. The molecule has 0 amide bonds. The van der Waals surface area contributed by atoms with Crippen LogP contribution in [0.1, 0.15) is 5.56 Å². The standard InChI is InChI=1S/C8H6N2.C8H8/c1-2-4-8-7(3-1)9-5-6-10-8;1-2-8-6-4-3-5-7-8/h1-6H;2-7H,1H2. The molecule has 0 unspecified atom stereocenters. The van der Waals surface area contributed by atoms with E-state index in [2.05, 4.69) is 16.5 Å². The maximum atomic E-state index is 4.12. The van der Waals surface area contributed by atoms with Gasteiger partial charge in [-0.1, -0.05) is 55.1 Å². The summed E-state index contributed by atoms with van der Waals surface area (Å²) >= 11 is 0. The molecule has 3 rings (SSSR count). The number of hydrogen-bond acceptors (Lipinski definition) is 2. The van der Waals surface area contributed by atoms with Crippen molar-refractivity contribution in [2.24, 2.45) is 0 Å². The van der Waals surface area contributed by atoms with Crippen molar-refractivity contribution < 1.29 is 0 Å². The molecule has 1 aromatic heterocycles. The largest absolute Gasteiger partial charge is 0.253 e. The lowest BCUT2D eigenvalue weighted by Gasteiger charge is -1.90. The van der Waals surface area contributed by atoms with Crippen molar-refractivity contribution in [1.29, 1.82) is 0 Å². The van der Waals surface area contributed by atoms with Crippen molar-refractivity contribution in [3.63, 3.8) is 0 Å². The third kappa shape index (κ3) is 3.25. The van der Waals surface area contributed by atoms with Crippen LogP contribution in [-0.2, 0) is 0 Å². The summed E-state index contributed by atoms with van der Waals surface area (Å²) in [6.45, 7) is 3.63. The van der Waals surface area contributed by atoms with Gasteiger partial charge in [0.1, 0.15) is 0 Å². The first-order chi connectivity index (χ1) is 8.90. The number of aromatic nitrogens is 2. The fourth-order valence-electron chi connectivity index (χ4n) is 1.50. The van der Waals surface area contributed by atoms with E-state index >= 15 is 0 Å². The molecule has 0 aliphatic heterocycles. The Bertz CT molecular complexity index is 553. The zero-order valence-electron chi connectivity index (χ0n) is 10.0. The van der Waals surface area contributed by atoms with Crippen LogP contribution in [-0.4, -0.2) is 9.97 Å². The highest BCUT2D eigenvalue weighted by molar-refractivity contribution is 5.72. The van der Waals surface area contributed by atoms with Gasteiger partial charge in [0.25, 0.3) is 0 Å². The van der Waals surface area contributed by atoms with Gasteiger partial charge in [0.05, 0.1) is 11.0 Å². The summed E-state index contributed by atoms with van der Waals surface area (Å²) in [6, 6.07) is 17.8. The Morgan fingerprint density at radius 1 is 0.722 bits per heavy atom. The van der Waals surface area contributed by atoms with Crippen molar-refractivity contribution in [1.82, 2.24) is 9.97 Å². The van der Waals surface area contributed by atoms with E-state index in [9.17, 15) is 0 Å². The summed E-state index contributed by atoms with van der Waals surface area (Å²) in [7, 11) is 0. The van der Waals surface area contributed by atoms with Crippen LogP contribution < -0.4 is 0 Å². The number of para-hydroxylation sites is 2. The Hall–Kier alpha value is -2.48. The van der Waals surface area contributed by atoms with Gasteiger partial charge >= 0.3 is 0 Å². The Labute approximate surface area is 107 Å². The van der Waals surface area contributed by atoms with Crippen molar-refractivity contribution in [3.05, 3.63) is 79.1 Å². The molecule has 1 heterocycles. The first-order valence-electron chi connectivity index (χ1n) is 5.73. The zero-order chi connectivity index (χ0) is 12.6. The summed E-state index contributed by atoms with van der Waals surface area (Å²) in [5.41, 5.74) is 3.07. The van der Waals surface area contributed by atoms with E-state index in [-0.39, 0.29) is 0 Å². The molecule has 0 N–H and O–H groups in total. The van der Waals surface area contributed by atoms with Gasteiger partial charge in [-0.3, -0.25) is 9.97 Å². The highest BCUT2D eigenvalue weighted by Crippen LogP contribution is 2.04. The SMILES string of the molecule is C=Cc1ccccc1.c1ccc2nccnc2c1. The van der Waals surface area contributed by atoms with Crippen molar-refractivity contribution in [3.8, 4) is 0 Å². The third-order valence-electron chi connectivity index (χ3n) is 2.41. The van der Waals surface area contributed by atoms with Gasteiger partial charge in [0.2, 0.25) is 0 Å². The molecule has 0 radical (unpaired) electrons. The van der Waals surface area contributed by atoms with Gasteiger partial charge in [-0.05, 0) is 17.7 Å². The van der Waals surface area contributed by atoms with Gasteiger partial charge in [-0.15, -0.1) is 0 Å². The van der Waals surface area contributed by atoms with Crippen LogP contribution in [0, 0.1) is 0 Å². The number of benzene rings is 2. The third-order valence-corrected chi connectivity index (χ3v) is 2.41. The summed E-state index contributed by atoms with van der Waals surface area (Å²) in [5.74, 6) is 0. The minimum absolute atomic E-state index is 0.949. The van der Waals surface area contributed by atoms with Crippen LogP contribution in [0.25, 0.3) is 17.1 Å². The van der Waals surface area contributed by atoms with Gasteiger partial charge < -0.3 is 0 Å². The normalized spacial score (nSPS) is 9.33. The Morgan fingerprint density at radius 3 is 1.67 bits per heavy atom. The van der Waals surface area contributed by atoms with E-state index < -0.39 is 0 Å². The van der Waals surface area contributed by atoms with E-state index in [4.69, 9.17) is 0 Å². The molecule has 18 heavy (non-hydrogen) atoms. The smallest absolute Gasteiger partial charge is 0.0886 e. The van der Waals surface area contributed by atoms with Crippen LogP contribution in [0.15, 0.2) is 73.6 Å². The number of hydrogen-bond donors (Lipinski definition) is 0. The van der Waals surface area contributed by atoms with Gasteiger partial charge in [0.15, 0.2) is 0 Å². The fourth-order valence-corrected chi connectivity index (χ4v) is 1.50. The lowest BCUT2D eigenvalue weighted by molar-refractivity contribution is 1.29. The fraction of sp³-hybridized carbons (Fsp3) is 0. The lowest BCUT2D eigenvalue weighted by Crippen LogP contribution is -1.78. The van der Waals surface area contributed by atoms with Gasteiger partial charge in [-0.2, -0.15) is 0 Å². The average Bonchev–Trinajstić information content (AvgIpc) is 2.49. The molecule has 88 valence electrons. The van der Waals surface area contributed by atoms with Crippen LogP contribution in [0.4, 0.5) is 0 Å². The minimum atomic E-state index is 0.949. The predicted octanol–water partition coefficient (Wildman–Crippen LogP) is 3.96. The van der Waals surface area contributed by atoms with Crippen LogP contribution in [0.2, 0.25) is 0 Å². The van der Waals surface area contributed by atoms with E-state index in [0.29, 0.717) is 0 Å². The second-order valence-electron chi connectivity index (χ2n) is 3.66. The maximum Gasteiger partial charge on any atom is 0.0886 e. The highest BCUT2D eigenvalue weighted by atomic mass is 14.8. The van der Waals surface area contributed by atoms with Crippen molar-refractivity contribution >= 4 is 17.1 Å². The van der Waals surface area contributed by atoms with E-state index in [1.54, 1.807) is 12.4 Å². The van der Waals surface area contributed by atoms with Crippen LogP contribution in [0.3, 0.4) is 0 Å². The first kappa shape index (κ1) is 12.0. The van der Waals surface area contributed by atoms with Crippen molar-refractivity contribution in [2.75, 3.05) is 0 Å². The number of nitrogens with zero attached hydrogens (tertiary/aromatic N) is 2. The minimum Gasteiger partial charge on any atom is -0.253 e. The molecule has 2 nitrogen and oxygen atoms in total. The van der Waals surface area contributed by atoms with Gasteiger partial charge in [0, 0.05) is 12.4 Å². The second-order valence-corrected chi connectivity index (χ2v) is 3.66. The number of fused-ring (bicyclic) bond motifs is 1. The molecule has 0 spiro atoms. The zero-order valence-corrected chi connectivity index (χ0v) is 10.0. The molecule has 0 bridgehead atoms. The molecule has 0 aliphatic carbocycles. The lowest BCUT2D eigenvalue weighted by atomic mass is 10.2. The molecule has 0 fully saturated rings. The van der Waals surface area contributed by atoms with E-state index in [1.807, 2.05) is 60.7 Å². The molecule has 0 aliphatic rings. The Balaban J connectivity index is 0.000000138. The Kier molecular flexibility index (Phi) is 4.20.